The summed E-state index contributed by atoms with van der Waals surface area (Å²) in [6.45, 7) is 0. The van der Waals surface area contributed by atoms with E-state index in [1.165, 1.54) is 0 Å². The first-order valence-corrected chi connectivity index (χ1v) is 6.10. The van der Waals surface area contributed by atoms with Crippen molar-refractivity contribution in [3.63, 3.8) is 0 Å². The fourth-order valence-corrected chi connectivity index (χ4v) is 1.72. The van der Waals surface area contributed by atoms with Gasteiger partial charge in [0.15, 0.2) is 0 Å². The second-order valence-corrected chi connectivity index (χ2v) is 4.88. The lowest BCUT2D eigenvalue weighted by molar-refractivity contribution is -1.23. The van der Waals surface area contributed by atoms with Crippen molar-refractivity contribution in [1.29, 1.82) is 0 Å². The molecule has 0 atom stereocenters. The summed E-state index contributed by atoms with van der Waals surface area (Å²) in [4.78, 5) is 15.6. The van der Waals surface area contributed by atoms with Gasteiger partial charge in [-0.1, -0.05) is 0 Å². The fraction of sp³-hybridized carbons (Fsp3) is 1.00. The van der Waals surface area contributed by atoms with Gasteiger partial charge in [-0.05, 0) is 0 Å². The van der Waals surface area contributed by atoms with E-state index in [1.807, 2.05) is 0 Å². The molecule has 0 spiro atoms. The molecule has 0 rings (SSSR count). The van der Waals surface area contributed by atoms with Crippen molar-refractivity contribution in [1.82, 2.24) is 0 Å². The molecule has 0 fully saturated rings. The number of phosphoric acid groups is 1. The van der Waals surface area contributed by atoms with Gasteiger partial charge in [0.05, 0.1) is 0 Å². The molecule has 0 saturated heterocycles. The normalized spacial score (nSPS) is 16.5. The van der Waals surface area contributed by atoms with E-state index in [2.05, 4.69) is 0 Å². The molecule has 0 aliphatic carbocycles. The van der Waals surface area contributed by atoms with Crippen LogP contribution in [0, 0.1) is 0 Å². The molecule has 0 aliphatic rings. The van der Waals surface area contributed by atoms with Gasteiger partial charge in [-0.15, -0.1) is 48.3 Å². The zero-order chi connectivity index (χ0) is 20.2. The zero-order valence-corrected chi connectivity index (χ0v) is 10.9. The predicted octanol–water partition coefficient (Wildman–Crippen LogP) is 3.66. The van der Waals surface area contributed by atoms with Crippen LogP contribution in [0.3, 0.4) is 0 Å². The number of hydrogen-bond acceptors (Lipinski definition) is 2. The quantitative estimate of drug-likeness (QED) is 0.317. The Kier molecular flexibility index (Phi) is 5.39. The summed E-state index contributed by atoms with van der Waals surface area (Å²) in [5.74, 6) is 0. The van der Waals surface area contributed by atoms with Crippen LogP contribution in [0.2, 0.25) is 0 Å². The summed E-state index contributed by atoms with van der Waals surface area (Å²) >= 11 is 0. The van der Waals surface area contributed by atoms with E-state index in [1.54, 1.807) is 4.52 Å². The molecule has 0 aliphatic heterocycles. The molecule has 19 heteroatoms. The molecule has 0 aromatic heterocycles. The van der Waals surface area contributed by atoms with Gasteiger partial charge in [0.1, 0.15) is 0 Å². The average Bonchev–Trinajstić information content (AvgIpc) is 2.03. The van der Waals surface area contributed by atoms with Gasteiger partial charge in [0, 0.05) is 4.48 Å². The van der Waals surface area contributed by atoms with Crippen molar-refractivity contribution in [2.75, 3.05) is 0 Å². The van der Waals surface area contributed by atoms with Crippen LogP contribution in [0.25, 0.3) is 0 Å². The molecule has 0 heterocycles. The summed E-state index contributed by atoms with van der Waals surface area (Å²) in [5.41, 5.74) is 0. The number of quaternary nitrogens is 1. The van der Waals surface area contributed by atoms with Gasteiger partial charge in [-0.2, -0.15) is 8.78 Å². The summed E-state index contributed by atoms with van der Waals surface area (Å²) in [5, 5.41) is 0. The average molecular weight is 418 g/mol. The zero-order valence-electron chi connectivity index (χ0n) is 10.0. The maximum absolute atomic E-state index is 13.1. The number of halogens is 13. The molecular formula is C5H2F13NO4P+. The Balaban J connectivity index is 6.94. The standard InChI is InChI=1S/C5HF13NO4P/c6-1(7,2(8,9)23-24(20,21)22)19(3(10,11)12,4(13,14)15)5(16,17)18/h(H-,20,21,22)/p+1. The minimum atomic E-state index is -8.32. The number of hydrogen-bond donors (Lipinski definition) is 2. The molecule has 0 amide bonds. The summed E-state index contributed by atoms with van der Waals surface area (Å²) in [6.07, 6.45) is -32.1. The van der Waals surface area contributed by atoms with Gasteiger partial charge in [-0.3, -0.25) is 0 Å². The van der Waals surface area contributed by atoms with Crippen LogP contribution in [-0.2, 0) is 9.09 Å². The lowest BCUT2D eigenvalue weighted by Crippen LogP contribution is -2.83. The summed E-state index contributed by atoms with van der Waals surface area (Å²) in [7, 11) is -6.95. The van der Waals surface area contributed by atoms with Crippen molar-refractivity contribution in [3.8, 4) is 0 Å². The first-order valence-electron chi connectivity index (χ1n) is 4.57. The van der Waals surface area contributed by atoms with E-state index >= 15 is 0 Å². The largest absolute Gasteiger partial charge is 0.581 e. The Morgan fingerprint density at radius 2 is 0.917 bits per heavy atom. The van der Waals surface area contributed by atoms with E-state index < -0.39 is 43.4 Å². The second kappa shape index (κ2) is 5.58. The molecule has 0 unspecified atom stereocenters. The smallest absolute Gasteiger partial charge is 0.303 e. The van der Waals surface area contributed by atoms with Crippen molar-refractivity contribution in [2.24, 2.45) is 0 Å². The minimum absolute atomic E-state index is 1.75. The predicted molar refractivity (Wildman–Crippen MR) is 41.4 cm³/mol. The molecule has 24 heavy (non-hydrogen) atoms. The van der Waals surface area contributed by atoms with Gasteiger partial charge < -0.3 is 9.79 Å². The van der Waals surface area contributed by atoms with Gasteiger partial charge in [0.2, 0.25) is 0 Å². The number of alkyl halides is 13. The van der Waals surface area contributed by atoms with E-state index in [0.717, 1.165) is 0 Å². The first kappa shape index (κ1) is 23.2. The molecular weight excluding hydrogens is 416 g/mol. The number of rotatable bonds is 4. The van der Waals surface area contributed by atoms with E-state index in [-0.39, 0.29) is 0 Å². The second-order valence-electron chi connectivity index (χ2n) is 3.71. The Labute approximate surface area is 121 Å². The Bertz CT molecular complexity index is 478. The third-order valence-corrected chi connectivity index (χ3v) is 2.61. The van der Waals surface area contributed by atoms with Crippen molar-refractivity contribution >= 4 is 7.82 Å². The highest BCUT2D eigenvalue weighted by molar-refractivity contribution is 7.46. The van der Waals surface area contributed by atoms with Gasteiger partial charge in [-0.25, -0.2) is 9.09 Å². The number of phosphoric ester groups is 1. The van der Waals surface area contributed by atoms with Crippen LogP contribution in [0.5, 0.6) is 0 Å². The monoisotopic (exact) mass is 418 g/mol. The number of nitrogens with zero attached hydrogens (tertiary/aromatic N) is 1. The van der Waals surface area contributed by atoms with E-state index in [4.69, 9.17) is 9.79 Å². The van der Waals surface area contributed by atoms with Crippen LogP contribution < -0.4 is 0 Å². The lowest BCUT2D eigenvalue weighted by atomic mass is 10.3. The molecule has 0 bridgehead atoms. The highest BCUT2D eigenvalue weighted by Crippen LogP contribution is 2.63. The van der Waals surface area contributed by atoms with Crippen molar-refractivity contribution in [2.45, 2.75) is 31.1 Å². The van der Waals surface area contributed by atoms with Crippen molar-refractivity contribution in [3.05, 3.63) is 0 Å². The van der Waals surface area contributed by atoms with Crippen LogP contribution in [0.15, 0.2) is 0 Å². The lowest BCUT2D eigenvalue weighted by Gasteiger charge is -2.44. The third kappa shape index (κ3) is 3.42. The molecule has 146 valence electrons. The minimum Gasteiger partial charge on any atom is -0.303 e. The highest BCUT2D eigenvalue weighted by Gasteiger charge is 2.99. The molecule has 0 radical (unpaired) electrons. The summed E-state index contributed by atoms with van der Waals surface area (Å²) < 4.78 is 167. The highest BCUT2D eigenvalue weighted by atomic mass is 31.2. The molecule has 0 aromatic rings. The Morgan fingerprint density at radius 3 is 1.08 bits per heavy atom. The van der Waals surface area contributed by atoms with Gasteiger partial charge >= 0.3 is 38.9 Å². The SMILES string of the molecule is O=P(O)(O)OC(F)(F)C(F)(F)[N+](C(F)(F)F)(C(F)(F)F)C(F)(F)F. The van der Waals surface area contributed by atoms with E-state index in [0.29, 0.717) is 0 Å². The van der Waals surface area contributed by atoms with Crippen LogP contribution in [0.4, 0.5) is 57.1 Å². The van der Waals surface area contributed by atoms with Crippen molar-refractivity contribution < 1.29 is 80.4 Å². The maximum atomic E-state index is 13.1. The molecule has 0 aromatic carbocycles. The van der Waals surface area contributed by atoms with Crippen LogP contribution in [-0.4, -0.2) is 45.3 Å². The molecule has 0 saturated carbocycles. The summed E-state index contributed by atoms with van der Waals surface area (Å²) in [6, 6.07) is -8.32. The third-order valence-electron chi connectivity index (χ3n) is 2.15. The topological polar surface area (TPSA) is 66.8 Å². The first-order chi connectivity index (χ1) is 9.96. The maximum Gasteiger partial charge on any atom is 0.581 e. The Morgan fingerprint density at radius 1 is 0.667 bits per heavy atom. The fourth-order valence-electron chi connectivity index (χ4n) is 1.31. The van der Waals surface area contributed by atoms with Gasteiger partial charge in [0.25, 0.3) is 0 Å². The van der Waals surface area contributed by atoms with Crippen LogP contribution in [0.1, 0.15) is 0 Å². The Hall–Kier alpha value is -0.840. The van der Waals surface area contributed by atoms with Crippen LogP contribution >= 0.6 is 7.82 Å². The molecule has 2 N–H and O–H groups in total. The molecule has 5 nitrogen and oxygen atoms in total. The van der Waals surface area contributed by atoms with E-state index in [9.17, 15) is 61.6 Å².